The van der Waals surface area contributed by atoms with E-state index in [0.717, 1.165) is 0 Å². The lowest BCUT2D eigenvalue weighted by atomic mass is 9.84. The Bertz CT molecular complexity index is 2020. The molecule has 40 heavy (non-hydrogen) atoms. The molecule has 0 spiro atoms. The predicted molar refractivity (Wildman–Crippen MR) is 174 cm³/mol. The molecule has 0 nitrogen and oxygen atoms in total. The molecule has 2 aliphatic rings. The monoisotopic (exact) mass is 512 g/mol. The lowest BCUT2D eigenvalue weighted by Crippen LogP contribution is -2.03. The normalized spacial score (nSPS) is 15.2. The van der Waals surface area contributed by atoms with Crippen LogP contribution in [0, 0.1) is 0 Å². The Morgan fingerprint density at radius 1 is 0.325 bits per heavy atom. The summed E-state index contributed by atoms with van der Waals surface area (Å²) in [5.41, 5.74) is 6.40. The molecule has 0 fully saturated rings. The van der Waals surface area contributed by atoms with Crippen LogP contribution in [0.5, 0.6) is 0 Å². The summed E-state index contributed by atoms with van der Waals surface area (Å²) < 4.78 is 0. The van der Waals surface area contributed by atoms with Gasteiger partial charge >= 0.3 is 0 Å². The van der Waals surface area contributed by atoms with Crippen molar-refractivity contribution in [1.82, 2.24) is 0 Å². The Morgan fingerprint density at radius 2 is 0.700 bits per heavy atom. The molecule has 8 aromatic rings. The highest BCUT2D eigenvalue weighted by atomic mass is 14.2. The first-order valence-electron chi connectivity index (χ1n) is 15.2. The molecule has 0 radical (unpaired) electrons. The van der Waals surface area contributed by atoms with Crippen LogP contribution in [0.1, 0.15) is 47.9 Å². The van der Waals surface area contributed by atoms with Gasteiger partial charge in [-0.3, -0.25) is 0 Å². The summed E-state index contributed by atoms with van der Waals surface area (Å²) in [5.74, 6) is 0. The van der Waals surface area contributed by atoms with Gasteiger partial charge in [-0.05, 0) is 138 Å². The Balaban J connectivity index is 0.000000115. The third kappa shape index (κ3) is 3.26. The molecule has 0 unspecified atom stereocenters. The van der Waals surface area contributed by atoms with Gasteiger partial charge in [0.1, 0.15) is 0 Å². The van der Waals surface area contributed by atoms with Crippen LogP contribution in [0.25, 0.3) is 64.6 Å². The van der Waals surface area contributed by atoms with Crippen LogP contribution < -0.4 is 0 Å². The first kappa shape index (κ1) is 22.6. The van der Waals surface area contributed by atoms with E-state index in [-0.39, 0.29) is 0 Å². The van der Waals surface area contributed by atoms with Gasteiger partial charge in [0.2, 0.25) is 0 Å². The summed E-state index contributed by atoms with van der Waals surface area (Å²) in [5, 5.41) is 17.2. The van der Waals surface area contributed by atoms with E-state index in [4.69, 9.17) is 0 Å². The van der Waals surface area contributed by atoms with Crippen molar-refractivity contribution in [3.8, 4) is 0 Å². The van der Waals surface area contributed by atoms with Crippen molar-refractivity contribution in [2.75, 3.05) is 0 Å². The largest absolute Gasteiger partial charge is 0.0610 e. The molecule has 0 atom stereocenters. The van der Waals surface area contributed by atoms with Gasteiger partial charge in [0, 0.05) is 0 Å². The number of hydrogen-bond donors (Lipinski definition) is 0. The number of aryl methyl sites for hydroxylation is 4. The molecule has 0 aromatic heterocycles. The van der Waals surface area contributed by atoms with E-state index >= 15 is 0 Å². The quantitative estimate of drug-likeness (QED) is 0.177. The molecule has 0 amide bonds. The first-order chi connectivity index (χ1) is 19.8. The van der Waals surface area contributed by atoms with Gasteiger partial charge in [0.05, 0.1) is 0 Å². The summed E-state index contributed by atoms with van der Waals surface area (Å²) >= 11 is 0. The fourth-order valence-electron chi connectivity index (χ4n) is 8.13. The van der Waals surface area contributed by atoms with Crippen molar-refractivity contribution in [1.29, 1.82) is 0 Å². The highest BCUT2D eigenvalue weighted by Gasteiger charge is 2.18. The number of fused-ring (bicyclic) bond motifs is 4. The maximum absolute atomic E-state index is 2.45. The summed E-state index contributed by atoms with van der Waals surface area (Å²) in [7, 11) is 0. The first-order valence-corrected chi connectivity index (χ1v) is 15.2. The minimum absolute atomic E-state index is 1.25. The molecule has 2 aliphatic carbocycles. The van der Waals surface area contributed by atoms with Gasteiger partial charge in [-0.2, -0.15) is 0 Å². The maximum atomic E-state index is 2.45. The zero-order chi connectivity index (χ0) is 26.2. The van der Waals surface area contributed by atoms with E-state index in [1.54, 1.807) is 22.3 Å². The van der Waals surface area contributed by atoms with Crippen molar-refractivity contribution >= 4 is 64.6 Å². The topological polar surface area (TPSA) is 0 Å². The second-order valence-electron chi connectivity index (χ2n) is 12.2. The fourth-order valence-corrected chi connectivity index (χ4v) is 8.13. The van der Waals surface area contributed by atoms with Crippen LogP contribution in [0.2, 0.25) is 0 Å². The van der Waals surface area contributed by atoms with E-state index in [1.807, 2.05) is 0 Å². The minimum Gasteiger partial charge on any atom is -0.0610 e. The van der Waals surface area contributed by atoms with E-state index in [1.165, 1.54) is 116 Å². The molecule has 0 saturated carbocycles. The molecule has 192 valence electrons. The van der Waals surface area contributed by atoms with Crippen molar-refractivity contribution < 1.29 is 0 Å². The van der Waals surface area contributed by atoms with Crippen LogP contribution in [-0.4, -0.2) is 0 Å². The number of hydrogen-bond acceptors (Lipinski definition) is 0. The second kappa shape index (κ2) is 8.67. The lowest BCUT2D eigenvalue weighted by molar-refractivity contribution is 0.691. The van der Waals surface area contributed by atoms with Gasteiger partial charge in [-0.15, -0.1) is 0 Å². The smallest absolute Gasteiger partial charge is 0.00238 e. The molecular weight excluding hydrogens is 480 g/mol. The SMILES string of the molecule is c1cc2ccc3cc4c(c5ccc(c1)c2c35)CCCC4.c1cc2ccc3cc4c(c5ccc(c1)c2c35)CCCC4. The summed E-state index contributed by atoms with van der Waals surface area (Å²) in [6, 6.07) is 36.7. The molecular formula is C40H32. The lowest BCUT2D eigenvalue weighted by Gasteiger charge is -2.21. The molecule has 0 heterocycles. The van der Waals surface area contributed by atoms with Crippen LogP contribution in [-0.2, 0) is 25.7 Å². The maximum Gasteiger partial charge on any atom is -0.00238 e. The second-order valence-corrected chi connectivity index (χ2v) is 12.2. The van der Waals surface area contributed by atoms with Crippen LogP contribution in [0.4, 0.5) is 0 Å². The number of rotatable bonds is 0. The third-order valence-corrected chi connectivity index (χ3v) is 9.95. The molecule has 0 heteroatoms. The highest BCUT2D eigenvalue weighted by molar-refractivity contribution is 6.25. The van der Waals surface area contributed by atoms with Gasteiger partial charge < -0.3 is 0 Å². The molecule has 0 bridgehead atoms. The summed E-state index contributed by atoms with van der Waals surface area (Å²) in [6.45, 7) is 0. The molecule has 8 aromatic carbocycles. The Morgan fingerprint density at radius 3 is 1.15 bits per heavy atom. The van der Waals surface area contributed by atoms with Gasteiger partial charge in [0.15, 0.2) is 0 Å². The zero-order valence-corrected chi connectivity index (χ0v) is 22.9. The zero-order valence-electron chi connectivity index (χ0n) is 22.9. The highest BCUT2D eigenvalue weighted by Crippen LogP contribution is 2.40. The standard InChI is InChI=1S/2C20H16/c2*1-2-7-17-15(4-1)12-16-9-8-13-5-3-6-14-10-11-18(17)20(16)19(13)14/h2*3,5-6,8-12H,1-2,4,7H2. The van der Waals surface area contributed by atoms with Crippen molar-refractivity contribution in [3.05, 3.63) is 119 Å². The molecule has 10 rings (SSSR count). The Kier molecular flexibility index (Phi) is 4.91. The van der Waals surface area contributed by atoms with Crippen molar-refractivity contribution in [3.63, 3.8) is 0 Å². The Labute approximate surface area is 234 Å². The molecule has 0 aliphatic heterocycles. The van der Waals surface area contributed by atoms with Crippen molar-refractivity contribution in [2.45, 2.75) is 51.4 Å². The summed E-state index contributed by atoms with van der Waals surface area (Å²) in [6.07, 6.45) is 10.4. The van der Waals surface area contributed by atoms with Crippen molar-refractivity contribution in [2.24, 2.45) is 0 Å². The molecule has 0 N–H and O–H groups in total. The van der Waals surface area contributed by atoms with E-state index < -0.39 is 0 Å². The van der Waals surface area contributed by atoms with E-state index in [0.29, 0.717) is 0 Å². The average Bonchev–Trinajstić information content (AvgIpc) is 3.02. The van der Waals surface area contributed by atoms with Gasteiger partial charge in [-0.1, -0.05) is 97.1 Å². The van der Waals surface area contributed by atoms with Gasteiger partial charge in [-0.25, -0.2) is 0 Å². The van der Waals surface area contributed by atoms with Gasteiger partial charge in [0.25, 0.3) is 0 Å². The number of benzene rings is 8. The third-order valence-electron chi connectivity index (χ3n) is 9.95. The van der Waals surface area contributed by atoms with Crippen LogP contribution >= 0.6 is 0 Å². The van der Waals surface area contributed by atoms with Crippen LogP contribution in [0.3, 0.4) is 0 Å². The van der Waals surface area contributed by atoms with E-state index in [2.05, 4.69) is 97.1 Å². The van der Waals surface area contributed by atoms with Crippen LogP contribution in [0.15, 0.2) is 97.1 Å². The molecule has 0 saturated heterocycles. The average molecular weight is 513 g/mol. The fraction of sp³-hybridized carbons (Fsp3) is 0.200. The minimum atomic E-state index is 1.25. The Hall–Kier alpha value is -4.16. The summed E-state index contributed by atoms with van der Waals surface area (Å²) in [4.78, 5) is 0. The van der Waals surface area contributed by atoms with E-state index in [9.17, 15) is 0 Å². The predicted octanol–water partition coefficient (Wildman–Crippen LogP) is 10.9.